The molecule has 3 heterocycles. The van der Waals surface area contributed by atoms with Crippen molar-refractivity contribution in [2.75, 3.05) is 23.9 Å². The van der Waals surface area contributed by atoms with Crippen molar-refractivity contribution in [2.24, 2.45) is 0 Å². The second-order valence-corrected chi connectivity index (χ2v) is 8.98. The second kappa shape index (κ2) is 10.3. The maximum absolute atomic E-state index is 11.9. The molecule has 182 valence electrons. The van der Waals surface area contributed by atoms with Gasteiger partial charge in [-0.2, -0.15) is 0 Å². The Kier molecular flexibility index (Phi) is 6.79. The number of pyridine rings is 1. The van der Waals surface area contributed by atoms with E-state index in [-0.39, 0.29) is 24.6 Å². The molecule has 2 aromatic carbocycles. The third-order valence-corrected chi connectivity index (χ3v) is 6.54. The number of ether oxygens (including phenoxy) is 1. The zero-order valence-electron chi connectivity index (χ0n) is 20.1. The fraction of sp³-hybridized carbons (Fsp3) is 0.179. The van der Waals surface area contributed by atoms with E-state index in [1.165, 1.54) is 7.11 Å². The van der Waals surface area contributed by atoms with Crippen LogP contribution in [0.25, 0.3) is 5.69 Å². The number of nitrogens with zero attached hydrogens (tertiary/aromatic N) is 3. The van der Waals surface area contributed by atoms with Crippen LogP contribution < -0.4 is 15.5 Å². The predicted octanol–water partition coefficient (Wildman–Crippen LogP) is 4.94. The van der Waals surface area contributed by atoms with Crippen molar-refractivity contribution in [3.63, 3.8) is 0 Å². The molecular formula is C28H27N5O2S. The van der Waals surface area contributed by atoms with Crippen molar-refractivity contribution in [1.29, 1.82) is 0 Å². The largest absolute Gasteiger partial charge is 0.375 e. The smallest absolute Gasteiger partial charge is 0.250 e. The lowest BCUT2D eigenvalue weighted by atomic mass is 10.0. The van der Waals surface area contributed by atoms with Gasteiger partial charge in [-0.3, -0.25) is 9.78 Å². The lowest BCUT2D eigenvalue weighted by Gasteiger charge is -2.29. The third-order valence-electron chi connectivity index (χ3n) is 6.23. The molecule has 8 heteroatoms. The number of carbonyl (C=O) groups excluding carboxylic acids is 1. The van der Waals surface area contributed by atoms with Crippen LogP contribution in [0, 0.1) is 6.92 Å². The highest BCUT2D eigenvalue weighted by Gasteiger charge is 2.42. The molecular weight excluding hydrogens is 470 g/mol. The molecule has 1 amide bonds. The Morgan fingerprint density at radius 2 is 1.75 bits per heavy atom. The van der Waals surface area contributed by atoms with E-state index in [0.29, 0.717) is 10.8 Å². The Morgan fingerprint density at radius 1 is 1.00 bits per heavy atom. The van der Waals surface area contributed by atoms with Crippen molar-refractivity contribution < 1.29 is 9.53 Å². The number of nitrogens with one attached hydrogen (secondary N) is 2. The summed E-state index contributed by atoms with van der Waals surface area (Å²) in [4.78, 5) is 18.7. The second-order valence-electron chi connectivity index (χ2n) is 8.60. The van der Waals surface area contributed by atoms with Crippen molar-refractivity contribution in [1.82, 2.24) is 14.9 Å². The van der Waals surface area contributed by atoms with Crippen LogP contribution in [0.15, 0.2) is 91.1 Å². The summed E-state index contributed by atoms with van der Waals surface area (Å²) >= 11 is 5.87. The van der Waals surface area contributed by atoms with E-state index in [9.17, 15) is 4.79 Å². The molecule has 2 atom stereocenters. The van der Waals surface area contributed by atoms with Gasteiger partial charge in [0.2, 0.25) is 5.91 Å². The van der Waals surface area contributed by atoms with E-state index in [1.54, 1.807) is 6.20 Å². The zero-order chi connectivity index (χ0) is 25.1. The molecule has 2 N–H and O–H groups in total. The number of amides is 1. The van der Waals surface area contributed by atoms with Crippen molar-refractivity contribution in [3.8, 4) is 5.69 Å². The number of para-hydroxylation sites is 1. The summed E-state index contributed by atoms with van der Waals surface area (Å²) in [5, 5.41) is 6.97. The number of hydrogen-bond donors (Lipinski definition) is 2. The fourth-order valence-electron chi connectivity index (χ4n) is 4.69. The minimum Gasteiger partial charge on any atom is -0.375 e. The fourth-order valence-corrected chi connectivity index (χ4v) is 5.03. The number of benzene rings is 2. The summed E-state index contributed by atoms with van der Waals surface area (Å²) in [7, 11) is 1.50. The molecule has 0 unspecified atom stereocenters. The van der Waals surface area contributed by atoms with Gasteiger partial charge in [-0.1, -0.05) is 24.3 Å². The van der Waals surface area contributed by atoms with Crippen LogP contribution in [0.2, 0.25) is 0 Å². The van der Waals surface area contributed by atoms with E-state index < -0.39 is 0 Å². The van der Waals surface area contributed by atoms with Crippen LogP contribution in [-0.2, 0) is 9.53 Å². The zero-order valence-corrected chi connectivity index (χ0v) is 20.9. The molecule has 0 bridgehead atoms. The van der Waals surface area contributed by atoms with Crippen LogP contribution >= 0.6 is 12.2 Å². The molecule has 0 spiro atoms. The number of rotatable bonds is 7. The standard InChI is InChI=1S/C28H27N5O2S/c1-19-11-16-24(32(19)21-8-4-3-5-9-21)27-26(23-10-6-7-17-29-23)31-28(36)33(27)22-14-12-20(13-15-22)30-25(34)18-35-2/h3-17,26-27H,18H2,1-2H3,(H,30,34)(H,31,36)/t26-,27-/m0/s1. The summed E-state index contributed by atoms with van der Waals surface area (Å²) in [6.07, 6.45) is 1.80. The molecule has 1 aliphatic heterocycles. The molecule has 4 aromatic rings. The van der Waals surface area contributed by atoms with Crippen molar-refractivity contribution in [2.45, 2.75) is 19.0 Å². The topological polar surface area (TPSA) is 71.4 Å². The van der Waals surface area contributed by atoms with Gasteiger partial charge in [0.1, 0.15) is 12.6 Å². The van der Waals surface area contributed by atoms with Crippen LogP contribution in [0.5, 0.6) is 0 Å². The highest BCUT2D eigenvalue weighted by Crippen LogP contribution is 2.42. The first kappa shape index (κ1) is 23.7. The monoisotopic (exact) mass is 497 g/mol. The first-order valence-electron chi connectivity index (χ1n) is 11.7. The molecule has 36 heavy (non-hydrogen) atoms. The van der Waals surface area contributed by atoms with Gasteiger partial charge in [-0.05, 0) is 79.8 Å². The maximum Gasteiger partial charge on any atom is 0.250 e. The Hall–Kier alpha value is -4.01. The average Bonchev–Trinajstić information content (AvgIpc) is 3.45. The first-order chi connectivity index (χ1) is 17.6. The average molecular weight is 498 g/mol. The number of methoxy groups -OCH3 is 1. The molecule has 0 saturated carbocycles. The summed E-state index contributed by atoms with van der Waals surface area (Å²) < 4.78 is 7.17. The lowest BCUT2D eigenvalue weighted by Crippen LogP contribution is -2.30. The molecule has 1 saturated heterocycles. The molecule has 0 aliphatic carbocycles. The Bertz CT molecular complexity index is 1360. The molecule has 1 aliphatic rings. The quantitative estimate of drug-likeness (QED) is 0.353. The molecule has 0 radical (unpaired) electrons. The van der Waals surface area contributed by atoms with Gasteiger partial charge in [0.25, 0.3) is 0 Å². The number of carbonyl (C=O) groups is 1. The normalized spacial score (nSPS) is 17.2. The molecule has 7 nitrogen and oxygen atoms in total. The third kappa shape index (κ3) is 4.60. The summed E-state index contributed by atoms with van der Waals surface area (Å²) in [6, 6.07) is 27.9. The highest BCUT2D eigenvalue weighted by molar-refractivity contribution is 7.80. The summed E-state index contributed by atoms with van der Waals surface area (Å²) in [5.41, 5.74) is 5.83. The Labute approximate surface area is 215 Å². The van der Waals surface area contributed by atoms with Crippen molar-refractivity contribution >= 4 is 34.6 Å². The van der Waals surface area contributed by atoms with Crippen molar-refractivity contribution in [3.05, 3.63) is 108 Å². The lowest BCUT2D eigenvalue weighted by molar-refractivity contribution is -0.119. The number of aromatic nitrogens is 2. The molecule has 2 aromatic heterocycles. The minimum absolute atomic E-state index is 0.00549. The van der Waals surface area contributed by atoms with Crippen LogP contribution in [-0.4, -0.2) is 34.3 Å². The van der Waals surface area contributed by atoms with Crippen LogP contribution in [0.3, 0.4) is 0 Å². The minimum atomic E-state index is -0.201. The summed E-state index contributed by atoms with van der Waals surface area (Å²) in [6.45, 7) is 2.11. The predicted molar refractivity (Wildman–Crippen MR) is 145 cm³/mol. The van der Waals surface area contributed by atoms with E-state index in [2.05, 4.69) is 56.3 Å². The van der Waals surface area contributed by atoms with Gasteiger partial charge in [-0.25, -0.2) is 0 Å². The van der Waals surface area contributed by atoms with Crippen LogP contribution in [0.4, 0.5) is 11.4 Å². The number of anilines is 2. The van der Waals surface area contributed by atoms with Gasteiger partial charge in [0, 0.05) is 41.8 Å². The Balaban J connectivity index is 1.58. The summed E-state index contributed by atoms with van der Waals surface area (Å²) in [5.74, 6) is -0.201. The van der Waals surface area contributed by atoms with Crippen LogP contribution in [0.1, 0.15) is 29.2 Å². The van der Waals surface area contributed by atoms with Gasteiger partial charge in [0.15, 0.2) is 5.11 Å². The van der Waals surface area contributed by atoms with E-state index in [4.69, 9.17) is 17.0 Å². The van der Waals surface area contributed by atoms with Gasteiger partial charge in [-0.15, -0.1) is 0 Å². The van der Waals surface area contributed by atoms with E-state index in [1.807, 2.05) is 60.7 Å². The van der Waals surface area contributed by atoms with E-state index >= 15 is 0 Å². The maximum atomic E-state index is 11.9. The Morgan fingerprint density at radius 3 is 2.44 bits per heavy atom. The number of hydrogen-bond acceptors (Lipinski definition) is 4. The molecule has 5 rings (SSSR count). The SMILES string of the molecule is COCC(=O)Nc1ccc(N2C(=S)N[C@@H](c3ccccn3)[C@@H]2c2ccc(C)n2-c2ccccc2)cc1. The number of aryl methyl sites for hydroxylation is 1. The van der Waals surface area contributed by atoms with Gasteiger partial charge < -0.3 is 24.8 Å². The molecule has 1 fully saturated rings. The first-order valence-corrected chi connectivity index (χ1v) is 12.1. The number of thiocarbonyl (C=S) groups is 1. The van der Waals surface area contributed by atoms with Gasteiger partial charge in [0.05, 0.1) is 11.7 Å². The highest BCUT2D eigenvalue weighted by atomic mass is 32.1. The van der Waals surface area contributed by atoms with E-state index in [0.717, 1.165) is 28.5 Å². The van der Waals surface area contributed by atoms with Gasteiger partial charge >= 0.3 is 0 Å².